The van der Waals surface area contributed by atoms with E-state index in [1.54, 1.807) is 19.1 Å². The molecule has 0 aliphatic heterocycles. The van der Waals surface area contributed by atoms with Crippen molar-refractivity contribution in [2.24, 2.45) is 5.73 Å². The number of fused-ring (bicyclic) bond motifs is 1. The molecule has 1 amide bonds. The van der Waals surface area contributed by atoms with Crippen LogP contribution >= 0.6 is 0 Å². The summed E-state index contributed by atoms with van der Waals surface area (Å²) in [6, 6.07) is 9.44. The van der Waals surface area contributed by atoms with Crippen LogP contribution in [0.15, 0.2) is 48.7 Å². The molecule has 1 aliphatic rings. The lowest BCUT2D eigenvalue weighted by Gasteiger charge is -2.19. The smallest absolute Gasteiger partial charge is 0.390 e. The number of halogens is 5. The largest absolute Gasteiger partial charge is 0.497 e. The van der Waals surface area contributed by atoms with Crippen LogP contribution in [-0.4, -0.2) is 40.3 Å². The number of hydrogen-bond acceptors (Lipinski definition) is 5. The zero-order chi connectivity index (χ0) is 28.8. The summed E-state index contributed by atoms with van der Waals surface area (Å²) in [5, 5.41) is 6.87. The van der Waals surface area contributed by atoms with Crippen LogP contribution in [0.25, 0.3) is 16.9 Å². The van der Waals surface area contributed by atoms with Crippen molar-refractivity contribution in [1.29, 1.82) is 0 Å². The Balaban J connectivity index is 1.68. The highest BCUT2D eigenvalue weighted by Crippen LogP contribution is 2.47. The van der Waals surface area contributed by atoms with Crippen molar-refractivity contribution in [2.75, 3.05) is 19.0 Å². The molecular weight excluding hydrogens is 533 g/mol. The van der Waals surface area contributed by atoms with E-state index in [4.69, 9.17) is 10.5 Å². The molecule has 1 saturated carbocycles. The number of anilines is 1. The van der Waals surface area contributed by atoms with Crippen molar-refractivity contribution in [3.05, 3.63) is 76.6 Å². The van der Waals surface area contributed by atoms with Crippen molar-refractivity contribution in [1.82, 2.24) is 14.6 Å². The molecule has 40 heavy (non-hydrogen) atoms. The molecule has 0 unspecified atom stereocenters. The van der Waals surface area contributed by atoms with Gasteiger partial charge in [0.2, 0.25) is 5.91 Å². The molecule has 7 nitrogen and oxygen atoms in total. The first-order valence-corrected chi connectivity index (χ1v) is 12.6. The Morgan fingerprint density at radius 2 is 1.82 bits per heavy atom. The van der Waals surface area contributed by atoms with E-state index in [1.165, 1.54) is 42.1 Å². The Bertz CT molecular complexity index is 1580. The Labute approximate surface area is 226 Å². The molecule has 210 valence electrons. The lowest BCUT2D eigenvalue weighted by Crippen LogP contribution is -2.21. The number of imidazole rings is 1. The van der Waals surface area contributed by atoms with Gasteiger partial charge in [-0.1, -0.05) is 6.07 Å². The van der Waals surface area contributed by atoms with Crippen molar-refractivity contribution in [2.45, 2.75) is 44.2 Å². The summed E-state index contributed by atoms with van der Waals surface area (Å²) in [6.07, 6.45) is -2.40. The molecule has 2 heterocycles. The summed E-state index contributed by atoms with van der Waals surface area (Å²) >= 11 is 0. The summed E-state index contributed by atoms with van der Waals surface area (Å²) < 4.78 is 76.5. The summed E-state index contributed by atoms with van der Waals surface area (Å²) in [5.74, 6) is -3.65. The Morgan fingerprint density at radius 1 is 1.12 bits per heavy atom. The first kappa shape index (κ1) is 27.4. The van der Waals surface area contributed by atoms with Gasteiger partial charge in [-0.3, -0.25) is 4.79 Å². The molecule has 2 aromatic heterocycles. The van der Waals surface area contributed by atoms with E-state index in [9.17, 15) is 18.0 Å². The highest BCUT2D eigenvalue weighted by Gasteiger charge is 2.38. The predicted molar refractivity (Wildman–Crippen MR) is 139 cm³/mol. The molecule has 0 saturated heterocycles. The summed E-state index contributed by atoms with van der Waals surface area (Å²) in [5.41, 5.74) is 7.45. The van der Waals surface area contributed by atoms with Gasteiger partial charge in [0.1, 0.15) is 11.4 Å². The number of methoxy groups -OCH3 is 1. The predicted octanol–water partition coefficient (Wildman–Crippen LogP) is 6.19. The van der Waals surface area contributed by atoms with Crippen LogP contribution in [0.1, 0.15) is 57.9 Å². The fourth-order valence-corrected chi connectivity index (χ4v) is 4.84. The van der Waals surface area contributed by atoms with Gasteiger partial charge in [0.05, 0.1) is 31.1 Å². The van der Waals surface area contributed by atoms with Crippen LogP contribution in [-0.2, 0) is 5.92 Å². The van der Waals surface area contributed by atoms with E-state index in [2.05, 4.69) is 15.4 Å². The summed E-state index contributed by atoms with van der Waals surface area (Å²) in [7, 11) is 1.41. The van der Waals surface area contributed by atoms with Gasteiger partial charge < -0.3 is 15.8 Å². The second-order valence-corrected chi connectivity index (χ2v) is 9.75. The molecule has 4 aromatic rings. The number of alkyl halides is 5. The average molecular weight is 560 g/mol. The molecule has 3 N–H and O–H groups in total. The highest BCUT2D eigenvalue weighted by atomic mass is 19.4. The minimum atomic E-state index is -4.44. The zero-order valence-corrected chi connectivity index (χ0v) is 21.6. The third-order valence-corrected chi connectivity index (χ3v) is 7.01. The van der Waals surface area contributed by atoms with Gasteiger partial charge >= 0.3 is 12.1 Å². The molecule has 1 aliphatic carbocycles. The number of primary amides is 1. The van der Waals surface area contributed by atoms with E-state index < -0.39 is 36.7 Å². The standard InChI is InChI=1S/C28H26F5N5O2/c1-15-19(25(34)39)9-10-20(24(15)16-3-4-16)22-14-36-26-21(35-12-11-27(29,30)31)13-23(37-38(22)26)28(32,33)17-5-7-18(40-2)8-6-17/h5-10,13-14,16,35H,3-4,11-12H2,1-2H3,(H2,34,39). The van der Waals surface area contributed by atoms with Crippen molar-refractivity contribution in [3.8, 4) is 17.0 Å². The number of rotatable bonds is 9. The topological polar surface area (TPSA) is 94.5 Å². The first-order chi connectivity index (χ1) is 18.9. The fraction of sp³-hybridized carbons (Fsp3) is 0.321. The zero-order valence-electron chi connectivity index (χ0n) is 21.6. The van der Waals surface area contributed by atoms with E-state index in [1.807, 2.05) is 0 Å². The molecule has 1 fully saturated rings. The number of nitrogens with zero attached hydrogens (tertiary/aromatic N) is 3. The monoisotopic (exact) mass is 559 g/mol. The molecule has 2 aromatic carbocycles. The van der Waals surface area contributed by atoms with Crippen molar-refractivity contribution >= 4 is 17.2 Å². The normalized spacial score (nSPS) is 14.0. The van der Waals surface area contributed by atoms with Crippen molar-refractivity contribution < 1.29 is 31.5 Å². The van der Waals surface area contributed by atoms with Gasteiger partial charge in [-0.05, 0) is 73.2 Å². The SMILES string of the molecule is COc1ccc(C(F)(F)c2cc(NCCC(F)(F)F)c3ncc(-c4ccc(C(N)=O)c(C)c4C4CC4)n3n2)cc1. The second kappa shape index (κ2) is 10.1. The number of hydrogen-bond donors (Lipinski definition) is 2. The maximum atomic E-state index is 15.8. The molecule has 0 bridgehead atoms. The average Bonchev–Trinajstić information content (AvgIpc) is 3.65. The number of benzene rings is 2. The number of ether oxygens (including phenoxy) is 1. The van der Waals surface area contributed by atoms with Gasteiger partial charge in [-0.15, -0.1) is 0 Å². The van der Waals surface area contributed by atoms with E-state index in [-0.39, 0.29) is 22.8 Å². The van der Waals surface area contributed by atoms with Crippen molar-refractivity contribution in [3.63, 3.8) is 0 Å². The molecule has 0 atom stereocenters. The number of amides is 1. The van der Waals surface area contributed by atoms with Crippen LogP contribution in [0.5, 0.6) is 5.75 Å². The number of aromatic nitrogens is 3. The van der Waals surface area contributed by atoms with Gasteiger partial charge in [-0.2, -0.15) is 27.1 Å². The molecular formula is C28H26F5N5O2. The summed E-state index contributed by atoms with van der Waals surface area (Å²) in [6.45, 7) is 1.24. The quantitative estimate of drug-likeness (QED) is 0.239. The molecule has 0 radical (unpaired) electrons. The number of nitrogens with one attached hydrogen (secondary N) is 1. The third kappa shape index (κ3) is 5.17. The number of carbonyl (C=O) groups is 1. The van der Waals surface area contributed by atoms with E-state index in [0.29, 0.717) is 28.1 Å². The third-order valence-electron chi connectivity index (χ3n) is 7.01. The van der Waals surface area contributed by atoms with Crippen LogP contribution < -0.4 is 15.8 Å². The maximum absolute atomic E-state index is 15.8. The first-order valence-electron chi connectivity index (χ1n) is 12.6. The highest BCUT2D eigenvalue weighted by molar-refractivity contribution is 5.95. The molecule has 0 spiro atoms. The second-order valence-electron chi connectivity index (χ2n) is 9.75. The van der Waals surface area contributed by atoms with Crippen LogP contribution in [0, 0.1) is 6.92 Å². The van der Waals surface area contributed by atoms with Gasteiger partial charge in [-0.25, -0.2) is 9.50 Å². The Morgan fingerprint density at radius 3 is 2.42 bits per heavy atom. The molecule has 12 heteroatoms. The van der Waals surface area contributed by atoms with Crippen LogP contribution in [0.2, 0.25) is 0 Å². The minimum absolute atomic E-state index is 0.0212. The van der Waals surface area contributed by atoms with Gasteiger partial charge in [0.15, 0.2) is 5.65 Å². The number of nitrogens with two attached hydrogens (primary N) is 1. The Kier molecular flexibility index (Phi) is 6.89. The van der Waals surface area contributed by atoms with E-state index >= 15 is 8.78 Å². The minimum Gasteiger partial charge on any atom is -0.497 e. The number of carbonyl (C=O) groups excluding carboxylic acids is 1. The summed E-state index contributed by atoms with van der Waals surface area (Å²) in [4.78, 5) is 16.3. The van der Waals surface area contributed by atoms with Gasteiger partial charge in [0, 0.05) is 23.2 Å². The Hall–Kier alpha value is -4.22. The molecule has 5 rings (SSSR count). The van der Waals surface area contributed by atoms with Crippen LogP contribution in [0.4, 0.5) is 27.6 Å². The van der Waals surface area contributed by atoms with Gasteiger partial charge in [0.25, 0.3) is 0 Å². The van der Waals surface area contributed by atoms with Crippen LogP contribution in [0.3, 0.4) is 0 Å². The fourth-order valence-electron chi connectivity index (χ4n) is 4.84. The van der Waals surface area contributed by atoms with E-state index in [0.717, 1.165) is 24.5 Å². The maximum Gasteiger partial charge on any atom is 0.390 e. The lowest BCUT2D eigenvalue weighted by atomic mass is 9.92. The lowest BCUT2D eigenvalue weighted by molar-refractivity contribution is -0.131.